The lowest BCUT2D eigenvalue weighted by atomic mass is 10.1. The van der Waals surface area contributed by atoms with E-state index in [2.05, 4.69) is 5.10 Å². The average Bonchev–Trinajstić information content (AvgIpc) is 3.46. The zero-order valence-corrected chi connectivity index (χ0v) is 15.4. The molecule has 1 aliphatic heterocycles. The summed E-state index contributed by atoms with van der Waals surface area (Å²) >= 11 is 1.53. The second kappa shape index (κ2) is 7.77. The number of ether oxygens (including phenoxy) is 1. The van der Waals surface area contributed by atoms with Crippen LogP contribution >= 0.6 is 11.3 Å². The highest BCUT2D eigenvalue weighted by Crippen LogP contribution is 2.34. The van der Waals surface area contributed by atoms with E-state index >= 15 is 0 Å². The zero-order valence-electron chi connectivity index (χ0n) is 14.6. The smallest absolute Gasteiger partial charge is 0.338 e. The van der Waals surface area contributed by atoms with Crippen LogP contribution in [0.5, 0.6) is 0 Å². The maximum absolute atomic E-state index is 13.0. The van der Waals surface area contributed by atoms with E-state index in [9.17, 15) is 14.0 Å². The number of esters is 1. The second-order valence-corrected chi connectivity index (χ2v) is 7.03. The second-order valence-electron chi connectivity index (χ2n) is 6.08. The summed E-state index contributed by atoms with van der Waals surface area (Å²) < 4.78 is 23.5. The average molecular weight is 398 g/mol. The number of furan rings is 1. The summed E-state index contributed by atoms with van der Waals surface area (Å²) in [5, 5.41) is 7.68. The van der Waals surface area contributed by atoms with Crippen molar-refractivity contribution < 1.29 is 23.1 Å². The van der Waals surface area contributed by atoms with Gasteiger partial charge >= 0.3 is 5.97 Å². The van der Waals surface area contributed by atoms with Crippen molar-refractivity contribution in [1.29, 1.82) is 0 Å². The minimum Gasteiger partial charge on any atom is -0.467 e. The van der Waals surface area contributed by atoms with Crippen molar-refractivity contribution in [3.05, 3.63) is 82.2 Å². The standard InChI is InChI=1S/C20H15FN2O4S/c21-14-7-5-13(6-8-14)20(25)27-12-19(24)23-16(17-3-1-9-26-17)11-15(22-23)18-4-2-10-28-18/h1-10,16H,11-12H2. The van der Waals surface area contributed by atoms with Crippen LogP contribution in [-0.4, -0.2) is 29.2 Å². The molecule has 0 N–H and O–H groups in total. The maximum atomic E-state index is 13.0. The SMILES string of the molecule is O=C(OCC(=O)N1N=C(c2cccs2)CC1c1ccco1)c1ccc(F)cc1. The Balaban J connectivity index is 1.48. The normalized spacial score (nSPS) is 16.1. The van der Waals surface area contributed by atoms with Gasteiger partial charge in [0, 0.05) is 6.42 Å². The van der Waals surface area contributed by atoms with Crippen molar-refractivity contribution in [2.24, 2.45) is 5.10 Å². The minimum atomic E-state index is -0.704. The molecule has 0 radical (unpaired) electrons. The van der Waals surface area contributed by atoms with Gasteiger partial charge in [0.25, 0.3) is 5.91 Å². The molecule has 1 atom stereocenters. The lowest BCUT2D eigenvalue weighted by molar-refractivity contribution is -0.136. The number of hydrogen-bond donors (Lipinski definition) is 0. The molecule has 0 bridgehead atoms. The Morgan fingerprint density at radius 1 is 1.21 bits per heavy atom. The van der Waals surface area contributed by atoms with Gasteiger partial charge in [0.1, 0.15) is 17.6 Å². The first kappa shape index (κ1) is 18.1. The molecule has 2 aromatic heterocycles. The van der Waals surface area contributed by atoms with Crippen LogP contribution in [0, 0.1) is 5.82 Å². The van der Waals surface area contributed by atoms with Crippen molar-refractivity contribution >= 4 is 28.9 Å². The van der Waals surface area contributed by atoms with E-state index in [1.807, 2.05) is 17.5 Å². The number of carbonyl (C=O) groups is 2. The molecule has 28 heavy (non-hydrogen) atoms. The van der Waals surface area contributed by atoms with Gasteiger partial charge in [0.15, 0.2) is 6.61 Å². The van der Waals surface area contributed by atoms with Crippen molar-refractivity contribution in [2.75, 3.05) is 6.61 Å². The largest absolute Gasteiger partial charge is 0.467 e. The van der Waals surface area contributed by atoms with Gasteiger partial charge < -0.3 is 9.15 Å². The first-order valence-electron chi connectivity index (χ1n) is 8.51. The highest BCUT2D eigenvalue weighted by atomic mass is 32.1. The molecule has 0 fully saturated rings. The predicted molar refractivity (Wildman–Crippen MR) is 100 cm³/mol. The molecule has 1 aromatic carbocycles. The van der Waals surface area contributed by atoms with Gasteiger partial charge in [-0.15, -0.1) is 11.3 Å². The predicted octanol–water partition coefficient (Wildman–Crippen LogP) is 4.01. The summed E-state index contributed by atoms with van der Waals surface area (Å²) in [6, 6.07) is 11.9. The van der Waals surface area contributed by atoms with E-state index in [1.165, 1.54) is 34.7 Å². The van der Waals surface area contributed by atoms with E-state index < -0.39 is 30.3 Å². The molecule has 6 nitrogen and oxygen atoms in total. The molecule has 3 aromatic rings. The third-order valence-electron chi connectivity index (χ3n) is 4.25. The number of hydrogen-bond acceptors (Lipinski definition) is 6. The van der Waals surface area contributed by atoms with Gasteiger partial charge in [-0.2, -0.15) is 5.10 Å². The van der Waals surface area contributed by atoms with Crippen LogP contribution in [-0.2, 0) is 9.53 Å². The molecule has 8 heteroatoms. The van der Waals surface area contributed by atoms with Crippen molar-refractivity contribution in [2.45, 2.75) is 12.5 Å². The van der Waals surface area contributed by atoms with Crippen LogP contribution in [0.4, 0.5) is 4.39 Å². The van der Waals surface area contributed by atoms with Crippen LogP contribution < -0.4 is 0 Å². The summed E-state index contributed by atoms with van der Waals surface area (Å²) in [4.78, 5) is 25.7. The van der Waals surface area contributed by atoms with Gasteiger partial charge in [-0.25, -0.2) is 14.2 Å². The first-order valence-corrected chi connectivity index (χ1v) is 9.39. The Hall–Kier alpha value is -3.26. The number of carbonyl (C=O) groups excluding carboxylic acids is 2. The van der Waals surface area contributed by atoms with E-state index in [0.717, 1.165) is 22.7 Å². The molecule has 1 amide bonds. The van der Waals surface area contributed by atoms with Gasteiger partial charge in [-0.1, -0.05) is 6.07 Å². The molecule has 0 spiro atoms. The van der Waals surface area contributed by atoms with Crippen LogP contribution in [0.2, 0.25) is 0 Å². The lowest BCUT2D eigenvalue weighted by Gasteiger charge is -2.19. The fourth-order valence-corrected chi connectivity index (χ4v) is 3.62. The molecular weight excluding hydrogens is 383 g/mol. The molecule has 0 saturated heterocycles. The Morgan fingerprint density at radius 2 is 2.04 bits per heavy atom. The fourth-order valence-electron chi connectivity index (χ4n) is 2.90. The number of halogens is 1. The highest BCUT2D eigenvalue weighted by molar-refractivity contribution is 7.12. The quantitative estimate of drug-likeness (QED) is 0.609. The molecule has 3 heterocycles. The minimum absolute atomic E-state index is 0.168. The Kier molecular flexibility index (Phi) is 5.03. The van der Waals surface area contributed by atoms with E-state index in [4.69, 9.17) is 9.15 Å². The van der Waals surface area contributed by atoms with Gasteiger partial charge in [-0.05, 0) is 47.8 Å². The first-order chi connectivity index (χ1) is 13.6. The van der Waals surface area contributed by atoms with Crippen LogP contribution in [0.15, 0.2) is 69.7 Å². The van der Waals surface area contributed by atoms with Gasteiger partial charge in [0.05, 0.1) is 22.4 Å². The zero-order chi connectivity index (χ0) is 19.5. The van der Waals surface area contributed by atoms with E-state index in [-0.39, 0.29) is 5.56 Å². The molecule has 0 aliphatic carbocycles. The third kappa shape index (κ3) is 3.72. The lowest BCUT2D eigenvalue weighted by Crippen LogP contribution is -2.31. The molecule has 0 saturated carbocycles. The number of hydrazone groups is 1. The molecule has 4 rings (SSSR count). The van der Waals surface area contributed by atoms with Crippen LogP contribution in [0.3, 0.4) is 0 Å². The van der Waals surface area contributed by atoms with Gasteiger partial charge in [0.2, 0.25) is 0 Å². The fraction of sp³-hybridized carbons (Fsp3) is 0.150. The van der Waals surface area contributed by atoms with Crippen molar-refractivity contribution in [3.8, 4) is 0 Å². The summed E-state index contributed by atoms with van der Waals surface area (Å²) in [7, 11) is 0. The van der Waals surface area contributed by atoms with E-state index in [1.54, 1.807) is 12.1 Å². The molecular formula is C20H15FN2O4S. The summed E-state index contributed by atoms with van der Waals surface area (Å²) in [6.07, 6.45) is 2.04. The molecule has 1 aliphatic rings. The Labute approximate surface area is 163 Å². The number of thiophene rings is 1. The number of benzene rings is 1. The monoisotopic (exact) mass is 398 g/mol. The summed E-state index contributed by atoms with van der Waals surface area (Å²) in [5.41, 5.74) is 0.940. The van der Waals surface area contributed by atoms with Crippen molar-refractivity contribution in [1.82, 2.24) is 5.01 Å². The Bertz CT molecular complexity index is 998. The number of rotatable bonds is 5. The third-order valence-corrected chi connectivity index (χ3v) is 5.17. The van der Waals surface area contributed by atoms with E-state index in [0.29, 0.717) is 12.2 Å². The molecule has 142 valence electrons. The van der Waals surface area contributed by atoms with Crippen LogP contribution in [0.1, 0.15) is 33.5 Å². The maximum Gasteiger partial charge on any atom is 0.338 e. The topological polar surface area (TPSA) is 72.1 Å². The summed E-state index contributed by atoms with van der Waals surface area (Å²) in [5.74, 6) is -1.03. The Morgan fingerprint density at radius 3 is 2.71 bits per heavy atom. The number of amides is 1. The molecule has 1 unspecified atom stereocenters. The summed E-state index contributed by atoms with van der Waals surface area (Å²) in [6.45, 7) is -0.478. The van der Waals surface area contributed by atoms with Crippen LogP contribution in [0.25, 0.3) is 0 Å². The van der Waals surface area contributed by atoms with Gasteiger partial charge in [-0.3, -0.25) is 4.79 Å². The highest BCUT2D eigenvalue weighted by Gasteiger charge is 2.35. The van der Waals surface area contributed by atoms with Crippen molar-refractivity contribution in [3.63, 3.8) is 0 Å². The number of nitrogens with zero attached hydrogens (tertiary/aromatic N) is 2.